The minimum absolute atomic E-state index is 0.0237. The largest absolute Gasteiger partial charge is 0.494 e. The lowest BCUT2D eigenvalue weighted by Crippen LogP contribution is -2.46. The van der Waals surface area contributed by atoms with Gasteiger partial charge in [0, 0.05) is 17.7 Å². The predicted octanol–water partition coefficient (Wildman–Crippen LogP) is 2.58. The van der Waals surface area contributed by atoms with Gasteiger partial charge in [0.2, 0.25) is 11.8 Å². The number of hydrogen-bond acceptors (Lipinski definition) is 7. The van der Waals surface area contributed by atoms with Crippen LogP contribution >= 0.6 is 0 Å². The summed E-state index contributed by atoms with van der Waals surface area (Å²) in [5, 5.41) is 11.1. The summed E-state index contributed by atoms with van der Waals surface area (Å²) in [5.74, 6) is -3.34. The van der Waals surface area contributed by atoms with Gasteiger partial charge in [-0.15, -0.1) is 0 Å². The van der Waals surface area contributed by atoms with Crippen LogP contribution in [0, 0.1) is 27.8 Å². The number of non-ortho nitro benzene ring substituents is 1. The van der Waals surface area contributed by atoms with E-state index in [1.807, 2.05) is 4.90 Å². The van der Waals surface area contributed by atoms with Crippen LogP contribution in [0.4, 0.5) is 15.8 Å². The highest BCUT2D eigenvalue weighted by atomic mass is 19.1. The number of nitro benzene ring substituents is 1. The van der Waals surface area contributed by atoms with E-state index in [-0.39, 0.29) is 34.5 Å². The summed E-state index contributed by atoms with van der Waals surface area (Å²) in [6.45, 7) is 0.594. The Morgan fingerprint density at radius 3 is 2.48 bits per heavy atom. The molecular weight excluding hydrogens is 433 g/mol. The van der Waals surface area contributed by atoms with E-state index in [4.69, 9.17) is 4.74 Å². The lowest BCUT2D eigenvalue weighted by molar-refractivity contribution is -0.384. The van der Waals surface area contributed by atoms with E-state index in [9.17, 15) is 28.9 Å². The molecule has 0 aliphatic carbocycles. The lowest BCUT2D eigenvalue weighted by Gasteiger charge is -2.28. The Hall–Kier alpha value is -3.66. The summed E-state index contributed by atoms with van der Waals surface area (Å²) in [5.41, 5.74) is 0.158. The molecule has 3 aliphatic heterocycles. The highest BCUT2D eigenvalue weighted by Gasteiger charge is 2.65. The third-order valence-electron chi connectivity index (χ3n) is 6.86. The standard InChI is InChI=1S/C23H20FN3O6/c1-33-17-11-14(27(31)32)8-9-15(17)26-22(29)18-16-3-2-10-25(16)20(19(18)23(26)30)21(28)12-4-6-13(24)7-5-12/h4-9,11,16,18-20H,2-3,10H2,1H3/t16-,18+,19+,20+/m1/s1. The van der Waals surface area contributed by atoms with Gasteiger partial charge in [0.1, 0.15) is 11.6 Å². The maximum Gasteiger partial charge on any atom is 0.273 e. The number of rotatable bonds is 5. The molecule has 33 heavy (non-hydrogen) atoms. The van der Waals surface area contributed by atoms with Gasteiger partial charge in [-0.25, -0.2) is 9.29 Å². The predicted molar refractivity (Wildman–Crippen MR) is 113 cm³/mol. The molecule has 3 aliphatic rings. The Morgan fingerprint density at radius 1 is 1.12 bits per heavy atom. The molecule has 2 aromatic carbocycles. The molecule has 0 bridgehead atoms. The summed E-state index contributed by atoms with van der Waals surface area (Å²) >= 11 is 0. The SMILES string of the molecule is COc1cc([N+](=O)[O-])ccc1N1C(=O)[C@@H]2[C@H](C1=O)[C@@H](C(=O)c1ccc(F)cc1)N1CCC[C@H]21. The fourth-order valence-electron chi connectivity index (χ4n) is 5.50. The zero-order valence-electron chi connectivity index (χ0n) is 17.6. The monoisotopic (exact) mass is 453 g/mol. The van der Waals surface area contributed by atoms with Gasteiger partial charge in [-0.05, 0) is 49.7 Å². The van der Waals surface area contributed by atoms with Crippen molar-refractivity contribution in [2.75, 3.05) is 18.6 Å². The third kappa shape index (κ3) is 3.12. The topological polar surface area (TPSA) is 110 Å². The number of carbonyl (C=O) groups is 3. The average Bonchev–Trinajstić information content (AvgIpc) is 3.45. The van der Waals surface area contributed by atoms with Gasteiger partial charge in [0.05, 0.1) is 41.7 Å². The first-order valence-electron chi connectivity index (χ1n) is 10.6. The first kappa shape index (κ1) is 21.2. The number of Topliss-reactive ketones (excluding diaryl/α,β-unsaturated/α-hetero) is 1. The number of amides is 2. The molecule has 0 N–H and O–H groups in total. The van der Waals surface area contributed by atoms with E-state index >= 15 is 0 Å². The number of nitro groups is 1. The Bertz CT molecular complexity index is 1180. The van der Waals surface area contributed by atoms with Crippen LogP contribution in [-0.2, 0) is 9.59 Å². The summed E-state index contributed by atoms with van der Waals surface area (Å²) in [4.78, 5) is 54.0. The molecular formula is C23H20FN3O6. The van der Waals surface area contributed by atoms with Gasteiger partial charge in [-0.2, -0.15) is 0 Å². The molecule has 3 heterocycles. The summed E-state index contributed by atoms with van der Waals surface area (Å²) in [6.07, 6.45) is 1.47. The van der Waals surface area contributed by atoms with Crippen LogP contribution in [0.5, 0.6) is 5.75 Å². The van der Waals surface area contributed by atoms with Crippen molar-refractivity contribution in [1.29, 1.82) is 0 Å². The van der Waals surface area contributed by atoms with Crippen molar-refractivity contribution in [3.8, 4) is 5.75 Å². The number of carbonyl (C=O) groups excluding carboxylic acids is 3. The number of benzene rings is 2. The fraction of sp³-hybridized carbons (Fsp3) is 0.348. The van der Waals surface area contributed by atoms with Crippen molar-refractivity contribution in [2.45, 2.75) is 24.9 Å². The van der Waals surface area contributed by atoms with Crippen molar-refractivity contribution in [2.24, 2.45) is 11.8 Å². The van der Waals surface area contributed by atoms with Crippen molar-refractivity contribution < 1.29 is 28.4 Å². The zero-order chi connectivity index (χ0) is 23.4. The summed E-state index contributed by atoms with van der Waals surface area (Å²) < 4.78 is 18.6. The van der Waals surface area contributed by atoms with Gasteiger partial charge in [0.15, 0.2) is 5.78 Å². The number of imide groups is 1. The number of anilines is 1. The van der Waals surface area contributed by atoms with E-state index in [2.05, 4.69) is 0 Å². The van der Waals surface area contributed by atoms with Gasteiger partial charge >= 0.3 is 0 Å². The molecule has 0 saturated carbocycles. The second kappa shape index (κ2) is 7.73. The van der Waals surface area contributed by atoms with Crippen molar-refractivity contribution >= 4 is 29.0 Å². The quantitative estimate of drug-likeness (QED) is 0.296. The van der Waals surface area contributed by atoms with Crippen molar-refractivity contribution in [3.05, 3.63) is 64.0 Å². The van der Waals surface area contributed by atoms with Gasteiger partial charge < -0.3 is 4.74 Å². The lowest BCUT2D eigenvalue weighted by atomic mass is 9.85. The number of methoxy groups -OCH3 is 1. The molecule has 3 saturated heterocycles. The average molecular weight is 453 g/mol. The molecule has 9 nitrogen and oxygen atoms in total. The van der Waals surface area contributed by atoms with Crippen LogP contribution in [0.25, 0.3) is 0 Å². The molecule has 5 rings (SSSR count). The molecule has 4 atom stereocenters. The van der Waals surface area contributed by atoms with Crippen LogP contribution in [0.15, 0.2) is 42.5 Å². The second-order valence-corrected chi connectivity index (χ2v) is 8.44. The Labute approximate surface area is 187 Å². The van der Waals surface area contributed by atoms with Gasteiger partial charge in [-0.1, -0.05) is 0 Å². The maximum atomic E-state index is 13.6. The van der Waals surface area contributed by atoms with E-state index in [1.54, 1.807) is 0 Å². The maximum absolute atomic E-state index is 13.6. The number of ketones is 1. The minimum atomic E-state index is -0.889. The molecule has 0 spiro atoms. The second-order valence-electron chi connectivity index (χ2n) is 8.44. The molecule has 3 fully saturated rings. The van der Waals surface area contributed by atoms with Crippen LogP contribution in [0.2, 0.25) is 0 Å². The van der Waals surface area contributed by atoms with Gasteiger partial charge in [0.25, 0.3) is 5.69 Å². The third-order valence-corrected chi connectivity index (χ3v) is 6.86. The number of ether oxygens (including phenoxy) is 1. The van der Waals surface area contributed by atoms with Crippen LogP contribution < -0.4 is 9.64 Å². The Balaban J connectivity index is 1.55. The highest BCUT2D eigenvalue weighted by Crippen LogP contribution is 2.49. The summed E-state index contributed by atoms with van der Waals surface area (Å²) in [6, 6.07) is 7.74. The zero-order valence-corrected chi connectivity index (χ0v) is 17.6. The fourth-order valence-corrected chi connectivity index (χ4v) is 5.50. The van der Waals surface area contributed by atoms with E-state index in [0.29, 0.717) is 13.0 Å². The number of nitrogens with zero attached hydrogens (tertiary/aromatic N) is 3. The first-order valence-corrected chi connectivity index (χ1v) is 10.6. The van der Waals surface area contributed by atoms with E-state index in [0.717, 1.165) is 17.4 Å². The van der Waals surface area contributed by atoms with Crippen molar-refractivity contribution in [3.63, 3.8) is 0 Å². The van der Waals surface area contributed by atoms with Gasteiger partial charge in [-0.3, -0.25) is 29.4 Å². The Kier molecular flexibility index (Phi) is 4.97. The normalized spacial score (nSPS) is 26.4. The van der Waals surface area contributed by atoms with E-state index in [1.165, 1.54) is 43.5 Å². The van der Waals surface area contributed by atoms with Crippen LogP contribution in [-0.4, -0.2) is 53.2 Å². The molecule has 170 valence electrons. The molecule has 0 aromatic heterocycles. The smallest absolute Gasteiger partial charge is 0.273 e. The van der Waals surface area contributed by atoms with Crippen LogP contribution in [0.3, 0.4) is 0 Å². The molecule has 10 heteroatoms. The molecule has 0 unspecified atom stereocenters. The Morgan fingerprint density at radius 2 is 1.82 bits per heavy atom. The first-order chi connectivity index (χ1) is 15.8. The van der Waals surface area contributed by atoms with Crippen LogP contribution in [0.1, 0.15) is 23.2 Å². The molecule has 2 amide bonds. The molecule has 2 aromatic rings. The minimum Gasteiger partial charge on any atom is -0.494 e. The van der Waals surface area contributed by atoms with Crippen molar-refractivity contribution in [1.82, 2.24) is 4.90 Å². The number of hydrogen-bond donors (Lipinski definition) is 0. The highest BCUT2D eigenvalue weighted by molar-refractivity contribution is 6.25. The summed E-state index contributed by atoms with van der Waals surface area (Å²) in [7, 11) is 1.30. The molecule has 0 radical (unpaired) electrons. The number of fused-ring (bicyclic) bond motifs is 3. The van der Waals surface area contributed by atoms with E-state index < -0.39 is 40.4 Å². The number of halogens is 1.